The first-order chi connectivity index (χ1) is 5.65. The largest absolute Gasteiger partial charge is 0.337 e. The molecule has 1 aromatic heterocycles. The Balaban J connectivity index is 2.91. The zero-order valence-corrected chi connectivity index (χ0v) is 7.03. The summed E-state index contributed by atoms with van der Waals surface area (Å²) in [6.45, 7) is 1.81. The van der Waals surface area contributed by atoms with Gasteiger partial charge in [0.25, 0.3) is 0 Å². The normalized spacial score (nSPS) is 9.42. The Hall–Kier alpha value is -1.63. The summed E-state index contributed by atoms with van der Waals surface area (Å²) >= 11 is 0. The molecule has 4 nitrogen and oxygen atoms in total. The SMILES string of the molecule is Cc1nc(C(=O)CC#N)cn1C. The number of carbonyl (C=O) groups excluding carboxylic acids is 1. The molecule has 0 fully saturated rings. The number of carbonyl (C=O) groups is 1. The Labute approximate surface area is 70.4 Å². The third-order valence-corrected chi connectivity index (χ3v) is 1.63. The van der Waals surface area contributed by atoms with E-state index in [1.54, 1.807) is 16.8 Å². The van der Waals surface area contributed by atoms with E-state index in [0.717, 1.165) is 5.82 Å². The molecule has 0 bridgehead atoms. The highest BCUT2D eigenvalue weighted by atomic mass is 16.1. The first-order valence-electron chi connectivity index (χ1n) is 3.55. The maximum Gasteiger partial charge on any atom is 0.196 e. The van der Waals surface area contributed by atoms with Gasteiger partial charge in [-0.05, 0) is 6.92 Å². The summed E-state index contributed by atoms with van der Waals surface area (Å²) in [6.07, 6.45) is 1.53. The fourth-order valence-electron chi connectivity index (χ4n) is 0.856. The fraction of sp³-hybridized carbons (Fsp3) is 0.375. The summed E-state index contributed by atoms with van der Waals surface area (Å²) in [4.78, 5) is 15.1. The Kier molecular flexibility index (Phi) is 2.24. The molecule has 12 heavy (non-hydrogen) atoms. The summed E-state index contributed by atoms with van der Waals surface area (Å²) in [5.41, 5.74) is 0.372. The van der Waals surface area contributed by atoms with Gasteiger partial charge in [0.15, 0.2) is 5.78 Å². The van der Waals surface area contributed by atoms with Crippen molar-refractivity contribution in [1.29, 1.82) is 5.26 Å². The quantitative estimate of drug-likeness (QED) is 0.606. The molecule has 4 heteroatoms. The van der Waals surface area contributed by atoms with E-state index in [1.165, 1.54) is 0 Å². The van der Waals surface area contributed by atoms with Crippen LogP contribution in [0.4, 0.5) is 0 Å². The number of imidazole rings is 1. The van der Waals surface area contributed by atoms with E-state index in [1.807, 2.05) is 14.0 Å². The van der Waals surface area contributed by atoms with Crippen LogP contribution >= 0.6 is 0 Å². The molecule has 1 heterocycles. The van der Waals surface area contributed by atoms with Crippen molar-refractivity contribution in [2.45, 2.75) is 13.3 Å². The molecule has 0 saturated heterocycles. The van der Waals surface area contributed by atoms with Crippen LogP contribution in [0.5, 0.6) is 0 Å². The van der Waals surface area contributed by atoms with Gasteiger partial charge in [0, 0.05) is 13.2 Å². The van der Waals surface area contributed by atoms with Gasteiger partial charge in [0.1, 0.15) is 17.9 Å². The number of rotatable bonds is 2. The van der Waals surface area contributed by atoms with Gasteiger partial charge in [-0.2, -0.15) is 5.26 Å². The second-order valence-electron chi connectivity index (χ2n) is 2.54. The first kappa shape index (κ1) is 8.47. The van der Waals surface area contributed by atoms with Crippen molar-refractivity contribution in [3.05, 3.63) is 17.7 Å². The lowest BCUT2D eigenvalue weighted by Gasteiger charge is -1.87. The van der Waals surface area contributed by atoms with Crippen molar-refractivity contribution in [2.75, 3.05) is 0 Å². The smallest absolute Gasteiger partial charge is 0.196 e. The molecular formula is C8H9N3O. The average Bonchev–Trinajstić information content (AvgIpc) is 2.33. The van der Waals surface area contributed by atoms with Crippen LogP contribution in [0.2, 0.25) is 0 Å². The number of Topliss-reactive ketones (excluding diaryl/α,β-unsaturated/α-hetero) is 1. The van der Waals surface area contributed by atoms with Gasteiger partial charge in [-0.25, -0.2) is 4.98 Å². The molecule has 0 amide bonds. The lowest BCUT2D eigenvalue weighted by molar-refractivity contribution is 0.0993. The van der Waals surface area contributed by atoms with Gasteiger partial charge >= 0.3 is 0 Å². The highest BCUT2D eigenvalue weighted by Gasteiger charge is 2.09. The Morgan fingerprint density at radius 2 is 2.50 bits per heavy atom. The van der Waals surface area contributed by atoms with Crippen LogP contribution in [-0.2, 0) is 7.05 Å². The van der Waals surface area contributed by atoms with Crippen LogP contribution in [0.1, 0.15) is 22.7 Å². The topological polar surface area (TPSA) is 58.7 Å². The molecule has 0 aliphatic heterocycles. The van der Waals surface area contributed by atoms with Crippen LogP contribution in [0.15, 0.2) is 6.20 Å². The van der Waals surface area contributed by atoms with Gasteiger partial charge in [0.2, 0.25) is 0 Å². The fourth-order valence-corrected chi connectivity index (χ4v) is 0.856. The number of nitriles is 1. The third kappa shape index (κ3) is 1.51. The number of hydrogen-bond donors (Lipinski definition) is 0. The van der Waals surface area contributed by atoms with Gasteiger partial charge in [-0.3, -0.25) is 4.79 Å². The van der Waals surface area contributed by atoms with Crippen molar-refractivity contribution in [1.82, 2.24) is 9.55 Å². The summed E-state index contributed by atoms with van der Waals surface area (Å²) in [5.74, 6) is 0.553. The minimum Gasteiger partial charge on any atom is -0.337 e. The molecule has 0 aliphatic rings. The Morgan fingerprint density at radius 3 is 2.92 bits per heavy atom. The van der Waals surface area contributed by atoms with Crippen LogP contribution in [-0.4, -0.2) is 15.3 Å². The summed E-state index contributed by atoms with van der Waals surface area (Å²) in [5, 5.41) is 8.27. The van der Waals surface area contributed by atoms with Crippen LogP contribution < -0.4 is 0 Å². The summed E-state index contributed by atoms with van der Waals surface area (Å²) in [6, 6.07) is 1.80. The number of hydrogen-bond acceptors (Lipinski definition) is 3. The number of aromatic nitrogens is 2. The molecule has 0 spiro atoms. The third-order valence-electron chi connectivity index (χ3n) is 1.63. The molecular weight excluding hydrogens is 154 g/mol. The van der Waals surface area contributed by atoms with Gasteiger partial charge in [0.05, 0.1) is 6.07 Å². The van der Waals surface area contributed by atoms with E-state index in [-0.39, 0.29) is 12.2 Å². The lowest BCUT2D eigenvalue weighted by Crippen LogP contribution is -1.97. The summed E-state index contributed by atoms with van der Waals surface area (Å²) in [7, 11) is 1.81. The zero-order chi connectivity index (χ0) is 9.14. The van der Waals surface area contributed by atoms with E-state index < -0.39 is 0 Å². The zero-order valence-electron chi connectivity index (χ0n) is 7.03. The Morgan fingerprint density at radius 1 is 1.83 bits per heavy atom. The summed E-state index contributed by atoms with van der Waals surface area (Å²) < 4.78 is 1.75. The van der Waals surface area contributed by atoms with E-state index in [9.17, 15) is 4.79 Å². The maximum atomic E-state index is 11.1. The molecule has 0 unspecified atom stereocenters. The molecule has 0 aliphatic carbocycles. The Bertz CT molecular complexity index is 326. The highest BCUT2D eigenvalue weighted by Crippen LogP contribution is 2.02. The minimum absolute atomic E-state index is 0.101. The van der Waals surface area contributed by atoms with E-state index in [4.69, 9.17) is 5.26 Å². The van der Waals surface area contributed by atoms with Gasteiger partial charge in [-0.1, -0.05) is 0 Å². The number of aryl methyl sites for hydroxylation is 2. The standard InChI is InChI=1S/C8H9N3O/c1-6-10-7(5-11(6)2)8(12)3-4-9/h5H,3H2,1-2H3. The predicted octanol–water partition coefficient (Wildman–Crippen LogP) is 0.825. The monoisotopic (exact) mass is 163 g/mol. The van der Waals surface area contributed by atoms with Crippen molar-refractivity contribution >= 4 is 5.78 Å². The van der Waals surface area contributed by atoms with Crippen molar-refractivity contribution in [3.8, 4) is 6.07 Å². The lowest BCUT2D eigenvalue weighted by atomic mass is 10.2. The maximum absolute atomic E-state index is 11.1. The number of nitrogens with zero attached hydrogens (tertiary/aromatic N) is 3. The minimum atomic E-state index is -0.221. The van der Waals surface area contributed by atoms with Crippen LogP contribution in [0.3, 0.4) is 0 Å². The number of ketones is 1. The highest BCUT2D eigenvalue weighted by molar-refractivity contribution is 5.95. The van der Waals surface area contributed by atoms with Crippen LogP contribution in [0.25, 0.3) is 0 Å². The van der Waals surface area contributed by atoms with E-state index >= 15 is 0 Å². The van der Waals surface area contributed by atoms with Crippen molar-refractivity contribution in [2.24, 2.45) is 7.05 Å². The van der Waals surface area contributed by atoms with Crippen LogP contribution in [0, 0.1) is 18.3 Å². The van der Waals surface area contributed by atoms with Crippen molar-refractivity contribution in [3.63, 3.8) is 0 Å². The molecule has 0 radical (unpaired) electrons. The van der Waals surface area contributed by atoms with Crippen molar-refractivity contribution < 1.29 is 4.79 Å². The molecule has 0 aromatic carbocycles. The molecule has 1 rings (SSSR count). The molecule has 0 atom stereocenters. The first-order valence-corrected chi connectivity index (χ1v) is 3.55. The molecule has 0 N–H and O–H groups in total. The van der Waals surface area contributed by atoms with E-state index in [0.29, 0.717) is 5.69 Å². The molecule has 0 saturated carbocycles. The second-order valence-corrected chi connectivity index (χ2v) is 2.54. The second kappa shape index (κ2) is 3.18. The molecule has 62 valence electrons. The van der Waals surface area contributed by atoms with Gasteiger partial charge < -0.3 is 4.57 Å². The average molecular weight is 163 g/mol. The predicted molar refractivity (Wildman–Crippen MR) is 42.5 cm³/mol. The van der Waals surface area contributed by atoms with E-state index in [2.05, 4.69) is 4.98 Å². The van der Waals surface area contributed by atoms with Gasteiger partial charge in [-0.15, -0.1) is 0 Å². The molecule has 1 aromatic rings.